The maximum Gasteiger partial charge on any atom is 0.261 e. The highest BCUT2D eigenvalue weighted by Crippen LogP contribution is 2.26. The Labute approximate surface area is 134 Å². The van der Waals surface area contributed by atoms with Crippen LogP contribution in [-0.2, 0) is 10.0 Å². The number of sulfonamides is 1. The van der Waals surface area contributed by atoms with Crippen molar-refractivity contribution in [3.8, 4) is 6.07 Å². The third kappa shape index (κ3) is 3.53. The standard InChI is InChI=1S/C13H7BrClFN2O2S/c14-11-6-10(2-3-12(11)15)21(19,20)18-9-1-4-13(16)8(5-9)7-17/h1-6,18H. The lowest BCUT2D eigenvalue weighted by Crippen LogP contribution is -2.13. The summed E-state index contributed by atoms with van der Waals surface area (Å²) in [5, 5.41) is 9.11. The fourth-order valence-electron chi connectivity index (χ4n) is 1.53. The van der Waals surface area contributed by atoms with Crippen molar-refractivity contribution in [3.05, 3.63) is 57.3 Å². The summed E-state index contributed by atoms with van der Waals surface area (Å²) in [6.45, 7) is 0. The fourth-order valence-corrected chi connectivity index (χ4v) is 3.26. The molecule has 2 aromatic carbocycles. The number of nitrogens with one attached hydrogen (secondary N) is 1. The summed E-state index contributed by atoms with van der Waals surface area (Å²) < 4.78 is 40.3. The maximum absolute atomic E-state index is 13.2. The summed E-state index contributed by atoms with van der Waals surface area (Å²) in [5.74, 6) is -0.713. The summed E-state index contributed by atoms with van der Waals surface area (Å²) in [5.41, 5.74) is -0.147. The Kier molecular flexibility index (Phi) is 4.52. The maximum atomic E-state index is 13.2. The highest BCUT2D eigenvalue weighted by atomic mass is 79.9. The second kappa shape index (κ2) is 6.02. The van der Waals surface area contributed by atoms with E-state index in [4.69, 9.17) is 16.9 Å². The van der Waals surface area contributed by atoms with Gasteiger partial charge in [0.05, 0.1) is 21.2 Å². The highest BCUT2D eigenvalue weighted by molar-refractivity contribution is 9.10. The minimum absolute atomic E-state index is 0.0124. The molecule has 0 heterocycles. The molecule has 0 saturated heterocycles. The van der Waals surface area contributed by atoms with Crippen molar-refractivity contribution in [2.24, 2.45) is 0 Å². The topological polar surface area (TPSA) is 70.0 Å². The molecule has 0 unspecified atom stereocenters. The van der Waals surface area contributed by atoms with Crippen LogP contribution in [0, 0.1) is 17.1 Å². The Morgan fingerprint density at radius 2 is 1.95 bits per heavy atom. The number of hydrogen-bond acceptors (Lipinski definition) is 3. The predicted octanol–water partition coefficient (Wildman–Crippen LogP) is 3.91. The van der Waals surface area contributed by atoms with Gasteiger partial charge in [-0.05, 0) is 52.3 Å². The molecule has 0 bridgehead atoms. The van der Waals surface area contributed by atoms with Crippen molar-refractivity contribution in [3.63, 3.8) is 0 Å². The molecule has 0 atom stereocenters. The van der Waals surface area contributed by atoms with E-state index in [1.165, 1.54) is 24.3 Å². The number of benzene rings is 2. The van der Waals surface area contributed by atoms with E-state index in [-0.39, 0.29) is 16.1 Å². The summed E-state index contributed by atoms with van der Waals surface area (Å²) in [6, 6.07) is 9.14. The lowest BCUT2D eigenvalue weighted by Gasteiger charge is -2.09. The van der Waals surface area contributed by atoms with E-state index in [1.54, 1.807) is 6.07 Å². The summed E-state index contributed by atoms with van der Waals surface area (Å²) >= 11 is 8.95. The Morgan fingerprint density at radius 3 is 2.57 bits per heavy atom. The molecule has 0 aliphatic carbocycles. The van der Waals surface area contributed by atoms with Crippen LogP contribution < -0.4 is 4.72 Å². The van der Waals surface area contributed by atoms with E-state index in [1.807, 2.05) is 0 Å². The molecule has 0 fully saturated rings. The molecule has 0 aromatic heterocycles. The van der Waals surface area contributed by atoms with Crippen molar-refractivity contribution in [2.75, 3.05) is 4.72 Å². The van der Waals surface area contributed by atoms with Gasteiger partial charge in [-0.1, -0.05) is 11.6 Å². The molecule has 2 rings (SSSR count). The van der Waals surface area contributed by atoms with E-state index in [2.05, 4.69) is 20.7 Å². The van der Waals surface area contributed by atoms with Gasteiger partial charge in [0.15, 0.2) is 0 Å². The summed E-state index contributed by atoms with van der Waals surface area (Å²) in [4.78, 5) is -0.0124. The molecule has 0 saturated carbocycles. The van der Waals surface area contributed by atoms with Crippen molar-refractivity contribution in [1.82, 2.24) is 0 Å². The van der Waals surface area contributed by atoms with E-state index in [9.17, 15) is 12.8 Å². The molecular weight excluding hydrogens is 383 g/mol. The van der Waals surface area contributed by atoms with E-state index >= 15 is 0 Å². The summed E-state index contributed by atoms with van der Waals surface area (Å²) in [7, 11) is -3.86. The van der Waals surface area contributed by atoms with Crippen molar-refractivity contribution in [2.45, 2.75) is 4.90 Å². The van der Waals surface area contributed by atoms with Crippen molar-refractivity contribution < 1.29 is 12.8 Å². The van der Waals surface area contributed by atoms with Crippen LogP contribution in [-0.4, -0.2) is 8.42 Å². The lowest BCUT2D eigenvalue weighted by molar-refractivity contribution is 0.601. The monoisotopic (exact) mass is 388 g/mol. The first-order chi connectivity index (χ1) is 9.83. The molecule has 1 N–H and O–H groups in total. The molecule has 21 heavy (non-hydrogen) atoms. The first-order valence-corrected chi connectivity index (χ1v) is 8.16. The van der Waals surface area contributed by atoms with Gasteiger partial charge >= 0.3 is 0 Å². The number of nitriles is 1. The van der Waals surface area contributed by atoms with Gasteiger partial charge in [-0.2, -0.15) is 5.26 Å². The average molecular weight is 390 g/mol. The quantitative estimate of drug-likeness (QED) is 0.865. The van der Waals surface area contributed by atoms with Crippen LogP contribution in [0.5, 0.6) is 0 Å². The zero-order chi connectivity index (χ0) is 15.6. The minimum Gasteiger partial charge on any atom is -0.280 e. The first kappa shape index (κ1) is 15.8. The largest absolute Gasteiger partial charge is 0.280 e. The van der Waals surface area contributed by atoms with Gasteiger partial charge in [0.1, 0.15) is 11.9 Å². The molecule has 0 spiro atoms. The second-order valence-electron chi connectivity index (χ2n) is 3.99. The average Bonchev–Trinajstić information content (AvgIpc) is 2.43. The Morgan fingerprint density at radius 1 is 1.24 bits per heavy atom. The number of anilines is 1. The van der Waals surface area contributed by atoms with Crippen LogP contribution in [0.4, 0.5) is 10.1 Å². The molecule has 0 radical (unpaired) electrons. The van der Waals surface area contributed by atoms with Gasteiger partial charge in [-0.3, -0.25) is 4.72 Å². The van der Waals surface area contributed by atoms with Crippen molar-refractivity contribution in [1.29, 1.82) is 5.26 Å². The number of halogens is 3. The van der Waals surface area contributed by atoms with Gasteiger partial charge in [-0.15, -0.1) is 0 Å². The van der Waals surface area contributed by atoms with Gasteiger partial charge in [0.25, 0.3) is 10.0 Å². The van der Waals surface area contributed by atoms with Gasteiger partial charge < -0.3 is 0 Å². The zero-order valence-electron chi connectivity index (χ0n) is 10.3. The molecule has 2 aromatic rings. The molecule has 0 aliphatic heterocycles. The lowest BCUT2D eigenvalue weighted by atomic mass is 10.2. The van der Waals surface area contributed by atoms with E-state index < -0.39 is 15.8 Å². The number of nitrogens with zero attached hydrogens (tertiary/aromatic N) is 1. The highest BCUT2D eigenvalue weighted by Gasteiger charge is 2.16. The van der Waals surface area contributed by atoms with Gasteiger partial charge in [-0.25, -0.2) is 12.8 Å². The van der Waals surface area contributed by atoms with E-state index in [0.29, 0.717) is 9.50 Å². The fraction of sp³-hybridized carbons (Fsp3) is 0. The second-order valence-corrected chi connectivity index (χ2v) is 6.93. The molecule has 0 amide bonds. The SMILES string of the molecule is N#Cc1cc(NS(=O)(=O)c2ccc(Cl)c(Br)c2)ccc1F. The van der Waals surface area contributed by atoms with Crippen molar-refractivity contribution >= 4 is 43.2 Å². The molecular formula is C13H7BrClFN2O2S. The third-order valence-corrected chi connectivity index (χ3v) is 5.13. The molecule has 4 nitrogen and oxygen atoms in total. The van der Waals surface area contributed by atoms with Crippen LogP contribution in [0.2, 0.25) is 5.02 Å². The Bertz CT molecular complexity index is 850. The molecule has 108 valence electrons. The number of rotatable bonds is 3. The first-order valence-electron chi connectivity index (χ1n) is 5.51. The summed E-state index contributed by atoms with van der Waals surface area (Å²) in [6.07, 6.45) is 0. The normalized spacial score (nSPS) is 11.0. The number of hydrogen-bond donors (Lipinski definition) is 1. The Balaban J connectivity index is 2.37. The predicted molar refractivity (Wildman–Crippen MR) is 81.1 cm³/mol. The van der Waals surface area contributed by atoms with Crippen LogP contribution in [0.15, 0.2) is 45.8 Å². The molecule has 8 heteroatoms. The Hall–Kier alpha value is -1.62. The van der Waals surface area contributed by atoms with Crippen LogP contribution >= 0.6 is 27.5 Å². The van der Waals surface area contributed by atoms with Gasteiger partial charge in [0.2, 0.25) is 0 Å². The van der Waals surface area contributed by atoms with Gasteiger partial charge in [0, 0.05) is 4.47 Å². The zero-order valence-corrected chi connectivity index (χ0v) is 13.4. The van der Waals surface area contributed by atoms with E-state index in [0.717, 1.165) is 12.1 Å². The van der Waals surface area contributed by atoms with Crippen LogP contribution in [0.3, 0.4) is 0 Å². The van der Waals surface area contributed by atoms with Crippen LogP contribution in [0.25, 0.3) is 0 Å². The van der Waals surface area contributed by atoms with Crippen LogP contribution in [0.1, 0.15) is 5.56 Å². The minimum atomic E-state index is -3.86. The molecule has 0 aliphatic rings. The third-order valence-electron chi connectivity index (χ3n) is 2.54. The smallest absolute Gasteiger partial charge is 0.261 e.